The summed E-state index contributed by atoms with van der Waals surface area (Å²) in [4.78, 5) is 0. The first-order valence-corrected chi connectivity index (χ1v) is 6.57. The molecule has 1 atom stereocenters. The van der Waals surface area contributed by atoms with Crippen LogP contribution < -0.4 is 10.5 Å². The molecule has 19 heavy (non-hydrogen) atoms. The fourth-order valence-electron chi connectivity index (χ4n) is 2.18. The van der Waals surface area contributed by atoms with Crippen LogP contribution >= 0.6 is 11.6 Å². The van der Waals surface area contributed by atoms with Gasteiger partial charge in [0.15, 0.2) is 0 Å². The maximum Gasteiger partial charge on any atom is 0.124 e. The highest BCUT2D eigenvalue weighted by Crippen LogP contribution is 2.32. The number of hydrogen-bond donors (Lipinski definition) is 1. The lowest BCUT2D eigenvalue weighted by Gasteiger charge is -2.18. The zero-order valence-corrected chi connectivity index (χ0v) is 12.1. The lowest BCUT2D eigenvalue weighted by atomic mass is 10.0. The van der Waals surface area contributed by atoms with E-state index in [1.54, 1.807) is 13.3 Å². The van der Waals surface area contributed by atoms with E-state index in [2.05, 4.69) is 5.10 Å². The van der Waals surface area contributed by atoms with Gasteiger partial charge in [0.2, 0.25) is 0 Å². The lowest BCUT2D eigenvalue weighted by Crippen LogP contribution is -2.18. The molecule has 0 fully saturated rings. The van der Waals surface area contributed by atoms with Crippen LogP contribution in [0.2, 0.25) is 5.02 Å². The van der Waals surface area contributed by atoms with Crippen LogP contribution in [0.1, 0.15) is 29.8 Å². The molecule has 5 heteroatoms. The molecule has 2 aromatic rings. The predicted octanol–water partition coefficient (Wildman–Crippen LogP) is 2.92. The summed E-state index contributed by atoms with van der Waals surface area (Å²) in [5.74, 6) is 0.762. The number of rotatable bonds is 4. The van der Waals surface area contributed by atoms with E-state index in [1.165, 1.54) is 0 Å². The third kappa shape index (κ3) is 2.60. The smallest absolute Gasteiger partial charge is 0.124 e. The average molecular weight is 280 g/mol. The zero-order valence-electron chi connectivity index (χ0n) is 11.4. The van der Waals surface area contributed by atoms with Crippen LogP contribution in [0.4, 0.5) is 0 Å². The van der Waals surface area contributed by atoms with Crippen LogP contribution in [0.15, 0.2) is 24.4 Å². The van der Waals surface area contributed by atoms with E-state index in [4.69, 9.17) is 22.1 Å². The number of benzene rings is 1. The van der Waals surface area contributed by atoms with Gasteiger partial charge < -0.3 is 10.5 Å². The van der Waals surface area contributed by atoms with Crippen molar-refractivity contribution in [3.63, 3.8) is 0 Å². The number of aromatic nitrogens is 2. The Morgan fingerprint density at radius 2 is 2.21 bits per heavy atom. The van der Waals surface area contributed by atoms with Gasteiger partial charge in [-0.25, -0.2) is 0 Å². The number of aryl methyl sites for hydroxylation is 2. The molecule has 0 aliphatic carbocycles. The molecule has 1 aromatic carbocycles. The Kier molecular flexibility index (Phi) is 4.12. The third-order valence-electron chi connectivity index (χ3n) is 3.15. The van der Waals surface area contributed by atoms with Crippen LogP contribution in [-0.2, 0) is 6.54 Å². The monoisotopic (exact) mass is 279 g/mol. The number of methoxy groups -OCH3 is 1. The number of halogens is 1. The summed E-state index contributed by atoms with van der Waals surface area (Å²) in [6.07, 6.45) is 1.63. The van der Waals surface area contributed by atoms with Crippen LogP contribution in [0, 0.1) is 6.92 Å². The quantitative estimate of drug-likeness (QED) is 0.936. The molecule has 0 saturated heterocycles. The molecular formula is C14H18ClN3O. The molecule has 1 aromatic heterocycles. The number of nitrogens with zero attached hydrogens (tertiary/aromatic N) is 2. The first-order valence-electron chi connectivity index (χ1n) is 6.19. The number of ether oxygens (including phenoxy) is 1. The molecule has 1 unspecified atom stereocenters. The van der Waals surface area contributed by atoms with Crippen molar-refractivity contribution in [3.8, 4) is 5.75 Å². The van der Waals surface area contributed by atoms with Gasteiger partial charge in [0.1, 0.15) is 5.75 Å². The maximum atomic E-state index is 6.36. The molecule has 0 aliphatic rings. The Morgan fingerprint density at radius 1 is 1.47 bits per heavy atom. The maximum absolute atomic E-state index is 6.36. The minimum absolute atomic E-state index is 0.357. The highest BCUT2D eigenvalue weighted by atomic mass is 35.5. The van der Waals surface area contributed by atoms with E-state index < -0.39 is 0 Å². The standard InChI is InChI=1S/C14H18ClN3O/c1-4-18-14(11(15)8-17-18)13(16)10-7-9(2)5-6-12(10)19-3/h5-8,13H,4,16H2,1-3H3. The second kappa shape index (κ2) is 5.63. The fraction of sp³-hybridized carbons (Fsp3) is 0.357. The summed E-state index contributed by atoms with van der Waals surface area (Å²) in [6.45, 7) is 4.76. The van der Waals surface area contributed by atoms with Gasteiger partial charge in [-0.1, -0.05) is 29.3 Å². The summed E-state index contributed by atoms with van der Waals surface area (Å²) in [6, 6.07) is 5.58. The largest absolute Gasteiger partial charge is 0.496 e. The third-order valence-corrected chi connectivity index (χ3v) is 3.44. The topological polar surface area (TPSA) is 53.1 Å². The molecular weight excluding hydrogens is 262 g/mol. The fourth-order valence-corrected chi connectivity index (χ4v) is 2.44. The molecule has 0 spiro atoms. The minimum Gasteiger partial charge on any atom is -0.496 e. The van der Waals surface area contributed by atoms with Crippen molar-refractivity contribution < 1.29 is 4.74 Å². The van der Waals surface area contributed by atoms with E-state index in [1.807, 2.05) is 36.7 Å². The van der Waals surface area contributed by atoms with E-state index in [9.17, 15) is 0 Å². The van der Waals surface area contributed by atoms with Gasteiger partial charge in [0, 0.05) is 12.1 Å². The SMILES string of the molecule is CCn1ncc(Cl)c1C(N)c1cc(C)ccc1OC. The zero-order chi connectivity index (χ0) is 14.0. The van der Waals surface area contributed by atoms with Gasteiger partial charge in [-0.2, -0.15) is 5.10 Å². The van der Waals surface area contributed by atoms with Crippen molar-refractivity contribution in [2.24, 2.45) is 5.73 Å². The van der Waals surface area contributed by atoms with Crippen LogP contribution in [0.25, 0.3) is 0 Å². The van der Waals surface area contributed by atoms with E-state index in [0.717, 1.165) is 29.1 Å². The summed E-state index contributed by atoms with van der Waals surface area (Å²) < 4.78 is 7.19. The summed E-state index contributed by atoms with van der Waals surface area (Å²) >= 11 is 6.20. The molecule has 1 heterocycles. The normalized spacial score (nSPS) is 12.5. The van der Waals surface area contributed by atoms with Gasteiger partial charge in [0.25, 0.3) is 0 Å². The second-order valence-corrected chi connectivity index (χ2v) is 4.82. The van der Waals surface area contributed by atoms with Crippen molar-refractivity contribution in [2.75, 3.05) is 7.11 Å². The van der Waals surface area contributed by atoms with Crippen molar-refractivity contribution in [3.05, 3.63) is 46.2 Å². The molecule has 2 rings (SSSR count). The summed E-state index contributed by atoms with van der Waals surface area (Å²) in [5, 5.41) is 4.80. The molecule has 0 bridgehead atoms. The van der Waals surface area contributed by atoms with Crippen molar-refractivity contribution in [2.45, 2.75) is 26.4 Å². The molecule has 0 saturated carbocycles. The minimum atomic E-state index is -0.357. The van der Waals surface area contributed by atoms with E-state index in [-0.39, 0.29) is 6.04 Å². The van der Waals surface area contributed by atoms with Gasteiger partial charge in [-0.05, 0) is 19.9 Å². The first-order chi connectivity index (χ1) is 9.08. The summed E-state index contributed by atoms with van der Waals surface area (Å²) in [7, 11) is 1.64. The van der Waals surface area contributed by atoms with Crippen LogP contribution in [-0.4, -0.2) is 16.9 Å². The molecule has 0 amide bonds. The summed E-state index contributed by atoms with van der Waals surface area (Å²) in [5.41, 5.74) is 9.22. The van der Waals surface area contributed by atoms with Gasteiger partial charge in [-0.3, -0.25) is 4.68 Å². The lowest BCUT2D eigenvalue weighted by molar-refractivity contribution is 0.406. The van der Waals surface area contributed by atoms with Crippen molar-refractivity contribution in [1.29, 1.82) is 0 Å². The molecule has 0 aliphatic heterocycles. The second-order valence-electron chi connectivity index (χ2n) is 4.42. The Labute approximate surface area is 118 Å². The number of nitrogens with two attached hydrogens (primary N) is 1. The predicted molar refractivity (Wildman–Crippen MR) is 76.7 cm³/mol. The Balaban J connectivity index is 2.51. The Morgan fingerprint density at radius 3 is 2.84 bits per heavy atom. The Bertz CT molecular complexity index is 580. The van der Waals surface area contributed by atoms with Crippen molar-refractivity contribution >= 4 is 11.6 Å². The van der Waals surface area contributed by atoms with Gasteiger partial charge in [-0.15, -0.1) is 0 Å². The molecule has 2 N–H and O–H groups in total. The average Bonchev–Trinajstić information content (AvgIpc) is 2.79. The Hall–Kier alpha value is -1.52. The van der Waals surface area contributed by atoms with Gasteiger partial charge >= 0.3 is 0 Å². The van der Waals surface area contributed by atoms with E-state index in [0.29, 0.717) is 5.02 Å². The number of hydrogen-bond acceptors (Lipinski definition) is 3. The van der Waals surface area contributed by atoms with E-state index >= 15 is 0 Å². The molecule has 4 nitrogen and oxygen atoms in total. The van der Waals surface area contributed by atoms with Crippen LogP contribution in [0.5, 0.6) is 5.75 Å². The van der Waals surface area contributed by atoms with Gasteiger partial charge in [0.05, 0.1) is 30.1 Å². The van der Waals surface area contributed by atoms with Crippen LogP contribution in [0.3, 0.4) is 0 Å². The highest BCUT2D eigenvalue weighted by molar-refractivity contribution is 6.31. The highest BCUT2D eigenvalue weighted by Gasteiger charge is 2.21. The van der Waals surface area contributed by atoms with Crippen molar-refractivity contribution in [1.82, 2.24) is 9.78 Å². The molecule has 0 radical (unpaired) electrons. The first kappa shape index (κ1) is 13.9. The molecule has 102 valence electrons.